The summed E-state index contributed by atoms with van der Waals surface area (Å²) in [7, 11) is 0. The number of aliphatic hydroxyl groups excluding tert-OH is 1. The Labute approximate surface area is 114 Å². The summed E-state index contributed by atoms with van der Waals surface area (Å²) in [6, 6.07) is 9.69. The van der Waals surface area contributed by atoms with Gasteiger partial charge in [-0.05, 0) is 11.5 Å². The Kier molecular flexibility index (Phi) is 6.32. The van der Waals surface area contributed by atoms with E-state index in [1.807, 2.05) is 44.2 Å². The number of nitrogens with one attached hydrogen (secondary N) is 1. The van der Waals surface area contributed by atoms with E-state index in [1.54, 1.807) is 0 Å². The second kappa shape index (κ2) is 7.76. The van der Waals surface area contributed by atoms with Gasteiger partial charge in [0.25, 0.3) is 0 Å². The molecular formula is C14H23N3O2. The number of amidine groups is 1. The summed E-state index contributed by atoms with van der Waals surface area (Å²) in [4.78, 5) is 0. The Bertz CT molecular complexity index is 393. The summed E-state index contributed by atoms with van der Waals surface area (Å²) < 4.78 is 0. The average Bonchev–Trinajstić information content (AvgIpc) is 2.43. The SMILES string of the molecule is CC(C)C(O)CNC(C/C(N)=N/O)c1ccccc1. The van der Waals surface area contributed by atoms with Crippen LogP contribution in [0.2, 0.25) is 0 Å². The van der Waals surface area contributed by atoms with Crippen LogP contribution in [0.3, 0.4) is 0 Å². The van der Waals surface area contributed by atoms with E-state index in [0.29, 0.717) is 13.0 Å². The van der Waals surface area contributed by atoms with Crippen LogP contribution in [-0.2, 0) is 0 Å². The van der Waals surface area contributed by atoms with Crippen molar-refractivity contribution in [2.75, 3.05) is 6.54 Å². The first-order valence-corrected chi connectivity index (χ1v) is 6.47. The van der Waals surface area contributed by atoms with E-state index in [0.717, 1.165) is 5.56 Å². The standard InChI is InChI=1S/C14H23N3O2/c1-10(2)13(18)9-16-12(8-14(15)17-19)11-6-4-3-5-7-11/h3-7,10,12-13,16,18-19H,8-9H2,1-2H3,(H2,15,17). The van der Waals surface area contributed by atoms with Crippen molar-refractivity contribution < 1.29 is 10.3 Å². The van der Waals surface area contributed by atoms with Crippen molar-refractivity contribution in [2.24, 2.45) is 16.8 Å². The van der Waals surface area contributed by atoms with Gasteiger partial charge in [0.2, 0.25) is 0 Å². The average molecular weight is 265 g/mol. The summed E-state index contributed by atoms with van der Waals surface area (Å²) >= 11 is 0. The summed E-state index contributed by atoms with van der Waals surface area (Å²) in [5, 5.41) is 24.8. The number of aliphatic hydroxyl groups is 1. The molecule has 0 aliphatic rings. The fraction of sp³-hybridized carbons (Fsp3) is 0.500. The molecule has 0 heterocycles. The number of nitrogens with zero attached hydrogens (tertiary/aromatic N) is 1. The Morgan fingerprint density at radius 2 is 1.95 bits per heavy atom. The fourth-order valence-corrected chi connectivity index (χ4v) is 1.74. The number of oxime groups is 1. The van der Waals surface area contributed by atoms with Crippen LogP contribution >= 0.6 is 0 Å². The summed E-state index contributed by atoms with van der Waals surface area (Å²) in [5.41, 5.74) is 6.62. The normalized spacial score (nSPS) is 15.5. The molecule has 106 valence electrons. The van der Waals surface area contributed by atoms with E-state index in [2.05, 4.69) is 10.5 Å². The maximum Gasteiger partial charge on any atom is 0.141 e. The molecule has 2 unspecified atom stereocenters. The van der Waals surface area contributed by atoms with Gasteiger partial charge in [-0.2, -0.15) is 0 Å². The van der Waals surface area contributed by atoms with Crippen molar-refractivity contribution in [3.05, 3.63) is 35.9 Å². The van der Waals surface area contributed by atoms with Crippen molar-refractivity contribution in [3.8, 4) is 0 Å². The highest BCUT2D eigenvalue weighted by Crippen LogP contribution is 2.16. The molecule has 0 fully saturated rings. The van der Waals surface area contributed by atoms with Crippen molar-refractivity contribution in [1.82, 2.24) is 5.32 Å². The van der Waals surface area contributed by atoms with Crippen LogP contribution in [0.4, 0.5) is 0 Å². The molecule has 1 rings (SSSR count). The molecular weight excluding hydrogens is 242 g/mol. The van der Waals surface area contributed by atoms with Crippen LogP contribution in [0, 0.1) is 5.92 Å². The lowest BCUT2D eigenvalue weighted by molar-refractivity contribution is 0.120. The van der Waals surface area contributed by atoms with E-state index >= 15 is 0 Å². The third kappa shape index (κ3) is 5.28. The quantitative estimate of drug-likeness (QED) is 0.260. The molecule has 0 spiro atoms. The second-order valence-electron chi connectivity index (χ2n) is 4.98. The van der Waals surface area contributed by atoms with Crippen molar-refractivity contribution in [2.45, 2.75) is 32.4 Å². The van der Waals surface area contributed by atoms with Gasteiger partial charge in [0.15, 0.2) is 0 Å². The van der Waals surface area contributed by atoms with Gasteiger partial charge < -0.3 is 21.4 Å². The Balaban J connectivity index is 2.70. The first-order valence-electron chi connectivity index (χ1n) is 6.47. The number of rotatable bonds is 7. The molecule has 0 aliphatic carbocycles. The minimum Gasteiger partial charge on any atom is -0.409 e. The Morgan fingerprint density at radius 3 is 2.47 bits per heavy atom. The molecule has 5 N–H and O–H groups in total. The summed E-state index contributed by atoms with van der Waals surface area (Å²) in [6.07, 6.45) is -0.0239. The zero-order valence-electron chi connectivity index (χ0n) is 11.5. The number of benzene rings is 1. The van der Waals surface area contributed by atoms with Gasteiger partial charge >= 0.3 is 0 Å². The number of nitrogens with two attached hydrogens (primary N) is 1. The van der Waals surface area contributed by atoms with Crippen LogP contribution < -0.4 is 11.1 Å². The first-order chi connectivity index (χ1) is 9.04. The predicted molar refractivity (Wildman–Crippen MR) is 76.1 cm³/mol. The molecule has 1 aromatic carbocycles. The van der Waals surface area contributed by atoms with Gasteiger partial charge in [-0.1, -0.05) is 49.3 Å². The van der Waals surface area contributed by atoms with E-state index in [4.69, 9.17) is 10.9 Å². The molecule has 0 saturated heterocycles. The van der Waals surface area contributed by atoms with Gasteiger partial charge in [-0.15, -0.1) is 0 Å². The summed E-state index contributed by atoms with van der Waals surface area (Å²) in [5.74, 6) is 0.355. The molecule has 0 aromatic heterocycles. The summed E-state index contributed by atoms with van der Waals surface area (Å²) in [6.45, 7) is 4.40. The molecule has 0 saturated carbocycles. The van der Waals surface area contributed by atoms with Crippen LogP contribution in [0.5, 0.6) is 0 Å². The largest absolute Gasteiger partial charge is 0.409 e. The lowest BCUT2D eigenvalue weighted by atomic mass is 10.0. The van der Waals surface area contributed by atoms with Gasteiger partial charge in [0.05, 0.1) is 6.10 Å². The highest BCUT2D eigenvalue weighted by molar-refractivity contribution is 5.80. The van der Waals surface area contributed by atoms with E-state index < -0.39 is 6.10 Å². The topological polar surface area (TPSA) is 90.9 Å². The maximum absolute atomic E-state index is 9.84. The van der Waals surface area contributed by atoms with E-state index in [9.17, 15) is 5.11 Å². The predicted octanol–water partition coefficient (Wildman–Crippen LogP) is 1.47. The number of hydrogen-bond acceptors (Lipinski definition) is 4. The minimum atomic E-state index is -0.418. The molecule has 0 radical (unpaired) electrons. The molecule has 19 heavy (non-hydrogen) atoms. The number of hydrogen-bond donors (Lipinski definition) is 4. The van der Waals surface area contributed by atoms with Crippen LogP contribution in [0.15, 0.2) is 35.5 Å². The van der Waals surface area contributed by atoms with Crippen LogP contribution in [0.25, 0.3) is 0 Å². The lowest BCUT2D eigenvalue weighted by Gasteiger charge is -2.22. The third-order valence-corrected chi connectivity index (χ3v) is 3.09. The highest BCUT2D eigenvalue weighted by Gasteiger charge is 2.16. The van der Waals surface area contributed by atoms with Gasteiger partial charge in [-0.3, -0.25) is 0 Å². The fourth-order valence-electron chi connectivity index (χ4n) is 1.74. The first kappa shape index (κ1) is 15.5. The van der Waals surface area contributed by atoms with Gasteiger partial charge in [0, 0.05) is 19.0 Å². The van der Waals surface area contributed by atoms with E-state index in [-0.39, 0.29) is 17.8 Å². The molecule has 5 nitrogen and oxygen atoms in total. The van der Waals surface area contributed by atoms with Crippen molar-refractivity contribution in [3.63, 3.8) is 0 Å². The highest BCUT2D eigenvalue weighted by atomic mass is 16.4. The minimum absolute atomic E-state index is 0.0782. The second-order valence-corrected chi connectivity index (χ2v) is 4.98. The van der Waals surface area contributed by atoms with Gasteiger partial charge in [0.1, 0.15) is 5.84 Å². The molecule has 5 heteroatoms. The molecule has 2 atom stereocenters. The van der Waals surface area contributed by atoms with Crippen LogP contribution in [-0.4, -0.2) is 28.8 Å². The Hall–Kier alpha value is -1.59. The monoisotopic (exact) mass is 265 g/mol. The molecule has 0 aliphatic heterocycles. The smallest absolute Gasteiger partial charge is 0.141 e. The molecule has 1 aromatic rings. The molecule has 0 bridgehead atoms. The maximum atomic E-state index is 9.84. The zero-order chi connectivity index (χ0) is 14.3. The van der Waals surface area contributed by atoms with E-state index in [1.165, 1.54) is 0 Å². The van der Waals surface area contributed by atoms with Crippen molar-refractivity contribution in [1.29, 1.82) is 0 Å². The lowest BCUT2D eigenvalue weighted by Crippen LogP contribution is -2.35. The van der Waals surface area contributed by atoms with Gasteiger partial charge in [-0.25, -0.2) is 0 Å². The van der Waals surface area contributed by atoms with Crippen molar-refractivity contribution >= 4 is 5.84 Å². The van der Waals surface area contributed by atoms with Crippen LogP contribution in [0.1, 0.15) is 31.9 Å². The molecule has 0 amide bonds. The third-order valence-electron chi connectivity index (χ3n) is 3.09. The Morgan fingerprint density at radius 1 is 1.32 bits per heavy atom. The zero-order valence-corrected chi connectivity index (χ0v) is 11.5.